The van der Waals surface area contributed by atoms with Crippen molar-refractivity contribution in [3.8, 4) is 34.4 Å². The average Bonchev–Trinajstić information content (AvgIpc) is 3.48. The first-order valence-corrected chi connectivity index (χ1v) is 11.4. The van der Waals surface area contributed by atoms with Gasteiger partial charge in [0.2, 0.25) is 0 Å². The second kappa shape index (κ2) is 8.64. The Morgan fingerprint density at radius 3 is 2.36 bits per heavy atom. The molecular weight excluding hydrogens is 410 g/mol. The van der Waals surface area contributed by atoms with Gasteiger partial charge in [-0.15, -0.1) is 5.10 Å². The molecule has 0 unspecified atom stereocenters. The van der Waals surface area contributed by atoms with Crippen LogP contribution in [0.4, 0.5) is 5.69 Å². The third-order valence-corrected chi connectivity index (χ3v) is 6.31. The summed E-state index contributed by atoms with van der Waals surface area (Å²) in [5, 5.41) is 16.5. The van der Waals surface area contributed by atoms with Crippen molar-refractivity contribution in [2.45, 2.75) is 19.4 Å². The summed E-state index contributed by atoms with van der Waals surface area (Å²) < 4.78 is 4.50. The normalized spacial score (nSPS) is 13.9. The average molecular weight is 440 g/mol. The van der Waals surface area contributed by atoms with Crippen LogP contribution in [0.15, 0.2) is 54.7 Å². The van der Waals surface area contributed by atoms with Crippen LogP contribution >= 0.6 is 0 Å². The Kier molecular flexibility index (Phi) is 5.53. The van der Waals surface area contributed by atoms with E-state index in [-0.39, 0.29) is 0 Å². The molecule has 2 aliphatic rings. The summed E-state index contributed by atoms with van der Waals surface area (Å²) in [7, 11) is 5.74. The number of benzene rings is 2. The minimum absolute atomic E-state index is 0.680. The lowest BCUT2D eigenvalue weighted by Gasteiger charge is -2.23. The summed E-state index contributed by atoms with van der Waals surface area (Å²) in [6, 6.07) is 19.0. The van der Waals surface area contributed by atoms with Gasteiger partial charge >= 0.3 is 0 Å². The van der Waals surface area contributed by atoms with Crippen LogP contribution in [0.2, 0.25) is 0 Å². The maximum absolute atomic E-state index is 9.07. The van der Waals surface area contributed by atoms with E-state index in [9.17, 15) is 0 Å². The molecule has 2 aromatic heterocycles. The first-order valence-electron chi connectivity index (χ1n) is 11.4. The molecule has 4 heterocycles. The van der Waals surface area contributed by atoms with Gasteiger partial charge in [0.05, 0.1) is 23.0 Å². The van der Waals surface area contributed by atoms with Crippen LogP contribution in [0.1, 0.15) is 24.0 Å². The number of hydrogen-bond acceptors (Lipinski definition) is 4. The van der Waals surface area contributed by atoms with Crippen LogP contribution in [-0.4, -0.2) is 46.3 Å². The number of nitriles is 1. The van der Waals surface area contributed by atoms with Crippen molar-refractivity contribution >= 4 is 5.69 Å². The minimum atomic E-state index is 0.680. The zero-order valence-corrected chi connectivity index (χ0v) is 19.4. The summed E-state index contributed by atoms with van der Waals surface area (Å²) in [6.45, 7) is 3.10. The highest BCUT2D eigenvalue weighted by Crippen LogP contribution is 2.36. The van der Waals surface area contributed by atoms with E-state index in [1.807, 2.05) is 50.2 Å². The molecule has 0 amide bonds. The summed E-state index contributed by atoms with van der Waals surface area (Å²) in [4.78, 5) is 4.40. The summed E-state index contributed by atoms with van der Waals surface area (Å²) in [5.41, 5.74) is 7.88. The van der Waals surface area contributed by atoms with Crippen LogP contribution in [0.5, 0.6) is 0 Å². The van der Waals surface area contributed by atoms with Crippen molar-refractivity contribution in [3.05, 3.63) is 65.9 Å². The molecule has 0 saturated carbocycles. The van der Waals surface area contributed by atoms with Crippen LogP contribution in [0, 0.1) is 11.3 Å². The van der Waals surface area contributed by atoms with Gasteiger partial charge in [0.15, 0.2) is 5.82 Å². The van der Waals surface area contributed by atoms with Gasteiger partial charge in [0.1, 0.15) is 0 Å². The fraction of sp³-hybridized carbons (Fsp3) is 0.308. The van der Waals surface area contributed by atoms with E-state index in [0.29, 0.717) is 5.56 Å². The monoisotopic (exact) mass is 439 g/mol. The van der Waals surface area contributed by atoms with Gasteiger partial charge in [-0.2, -0.15) is 5.26 Å². The highest BCUT2D eigenvalue weighted by molar-refractivity contribution is 5.72. The fourth-order valence-corrected chi connectivity index (χ4v) is 4.74. The number of nitrogens with zero attached hydrogens (tertiary/aromatic N) is 6. The van der Waals surface area contributed by atoms with Crippen molar-refractivity contribution in [1.82, 2.24) is 24.5 Å². The number of rotatable bonds is 2. The van der Waals surface area contributed by atoms with E-state index in [2.05, 4.69) is 61.1 Å². The van der Waals surface area contributed by atoms with E-state index in [1.54, 1.807) is 0 Å². The van der Waals surface area contributed by atoms with Crippen LogP contribution < -0.4 is 10.2 Å². The van der Waals surface area contributed by atoms with Crippen molar-refractivity contribution in [2.75, 3.05) is 32.1 Å². The molecule has 2 aliphatic heterocycles. The third kappa shape index (κ3) is 3.73. The Bertz CT molecular complexity index is 1310. The number of aryl methyl sites for hydroxylation is 1. The number of fused-ring (bicyclic) bond motifs is 5. The Balaban J connectivity index is 0.000000724. The van der Waals surface area contributed by atoms with E-state index in [0.717, 1.165) is 42.3 Å². The number of anilines is 1. The van der Waals surface area contributed by atoms with E-state index >= 15 is 0 Å². The molecule has 6 rings (SSSR count). The molecule has 4 aromatic rings. The van der Waals surface area contributed by atoms with E-state index < -0.39 is 0 Å². The highest BCUT2D eigenvalue weighted by atomic mass is 15.6. The molecule has 0 radical (unpaired) electrons. The van der Waals surface area contributed by atoms with Gasteiger partial charge in [0, 0.05) is 44.1 Å². The van der Waals surface area contributed by atoms with Crippen LogP contribution in [0.3, 0.4) is 0 Å². The van der Waals surface area contributed by atoms with Gasteiger partial charge < -0.3 is 14.8 Å². The molecule has 7 nitrogen and oxygen atoms in total. The Morgan fingerprint density at radius 1 is 0.970 bits per heavy atom. The summed E-state index contributed by atoms with van der Waals surface area (Å²) in [5.74, 6) is 0.977. The van der Waals surface area contributed by atoms with Gasteiger partial charge in [0.25, 0.3) is 0 Å². The number of aromatic nitrogens is 4. The zero-order valence-electron chi connectivity index (χ0n) is 19.4. The Morgan fingerprint density at radius 2 is 1.70 bits per heavy atom. The smallest absolute Gasteiger partial charge is 0.199 e. The number of nitrogens with one attached hydrogen (secondary N) is 1. The lowest BCUT2D eigenvalue weighted by molar-refractivity contribution is 0.477. The molecule has 168 valence electrons. The summed E-state index contributed by atoms with van der Waals surface area (Å²) in [6.07, 6.45) is 4.75. The third-order valence-electron chi connectivity index (χ3n) is 6.31. The van der Waals surface area contributed by atoms with Crippen molar-refractivity contribution < 1.29 is 0 Å². The molecule has 1 saturated heterocycles. The van der Waals surface area contributed by atoms with Crippen molar-refractivity contribution in [3.63, 3.8) is 0 Å². The summed E-state index contributed by atoms with van der Waals surface area (Å²) >= 11 is 0. The molecule has 2 aromatic carbocycles. The SMILES string of the molecule is CNC.Cn1nc2n1-c1ccc(N3CCCC3)cc1Cn1cc(-c3ccc(C#N)cc3)cc1-2. The first kappa shape index (κ1) is 21.1. The molecule has 0 atom stereocenters. The predicted octanol–water partition coefficient (Wildman–Crippen LogP) is 4.02. The molecule has 0 spiro atoms. The standard InChI is InChI=1S/C24H22N6.C2H7N/c1-27-26-24-23-13-19(18-6-4-17(14-25)5-7-18)15-29(23)16-20-12-21(28-10-2-3-11-28)8-9-22(20)30(24)27;1-3-2/h4-9,12-13,15H,2-3,10-11,16H2,1H3;3H,1-2H3. The lowest BCUT2D eigenvalue weighted by atomic mass is 10.1. The predicted molar refractivity (Wildman–Crippen MR) is 132 cm³/mol. The van der Waals surface area contributed by atoms with Gasteiger partial charge in [-0.3, -0.25) is 0 Å². The van der Waals surface area contributed by atoms with Gasteiger partial charge in [-0.1, -0.05) is 12.1 Å². The van der Waals surface area contributed by atoms with Crippen molar-refractivity contribution in [1.29, 1.82) is 5.26 Å². The molecule has 1 fully saturated rings. The largest absolute Gasteiger partial charge is 0.372 e. The van der Waals surface area contributed by atoms with Crippen molar-refractivity contribution in [2.24, 2.45) is 7.05 Å². The maximum Gasteiger partial charge on any atom is 0.199 e. The van der Waals surface area contributed by atoms with Gasteiger partial charge in [-0.25, -0.2) is 9.48 Å². The second-order valence-electron chi connectivity index (χ2n) is 8.66. The van der Waals surface area contributed by atoms with E-state index in [4.69, 9.17) is 5.26 Å². The quantitative estimate of drug-likeness (QED) is 0.451. The van der Waals surface area contributed by atoms with E-state index in [1.165, 1.54) is 29.8 Å². The topological polar surface area (TPSA) is 66.7 Å². The second-order valence-corrected chi connectivity index (χ2v) is 8.66. The molecule has 1 N–H and O–H groups in total. The minimum Gasteiger partial charge on any atom is -0.372 e. The molecular formula is C26H29N7. The Hall–Kier alpha value is -3.76. The Labute approximate surface area is 194 Å². The van der Waals surface area contributed by atoms with Crippen LogP contribution in [-0.2, 0) is 13.6 Å². The lowest BCUT2D eigenvalue weighted by Crippen LogP contribution is -2.25. The fourth-order valence-electron chi connectivity index (χ4n) is 4.74. The molecule has 0 bridgehead atoms. The zero-order chi connectivity index (χ0) is 22.9. The molecule has 0 aliphatic carbocycles. The number of hydrogen-bond donors (Lipinski definition) is 1. The van der Waals surface area contributed by atoms with Crippen LogP contribution in [0.25, 0.3) is 28.3 Å². The van der Waals surface area contributed by atoms with Gasteiger partial charge in [-0.05, 0) is 74.5 Å². The molecule has 7 heteroatoms. The highest BCUT2D eigenvalue weighted by Gasteiger charge is 2.26. The maximum atomic E-state index is 9.07. The molecule has 33 heavy (non-hydrogen) atoms. The first-order chi connectivity index (χ1) is 16.1.